The lowest BCUT2D eigenvalue weighted by Crippen LogP contribution is -2.10. The van der Waals surface area contributed by atoms with Crippen molar-refractivity contribution in [3.05, 3.63) is 29.3 Å². The normalized spacial score (nSPS) is 10.6. The minimum atomic E-state index is -3.28. The molecule has 74 valence electrons. The highest BCUT2D eigenvalue weighted by Gasteiger charge is 2.05. The second-order valence-corrected chi connectivity index (χ2v) is 4.76. The molecule has 0 fully saturated rings. The molecule has 1 rings (SSSR count). The molecule has 0 amide bonds. The van der Waals surface area contributed by atoms with Gasteiger partial charge in [0.25, 0.3) is 0 Å². The second-order valence-electron chi connectivity index (χ2n) is 3.02. The summed E-state index contributed by atoms with van der Waals surface area (Å²) in [6, 6.07) is 6.80. The molecule has 0 saturated heterocycles. The molecule has 0 saturated carbocycles. The van der Waals surface area contributed by atoms with Crippen LogP contribution in [0.15, 0.2) is 18.2 Å². The first-order valence-corrected chi connectivity index (χ1v) is 5.80. The zero-order valence-corrected chi connectivity index (χ0v) is 8.72. The number of hydrogen-bond acceptors (Lipinski definition) is 3. The van der Waals surface area contributed by atoms with Gasteiger partial charge in [0.2, 0.25) is 10.0 Å². The van der Waals surface area contributed by atoms with E-state index in [9.17, 15) is 8.42 Å². The van der Waals surface area contributed by atoms with Crippen molar-refractivity contribution in [2.45, 2.75) is 6.92 Å². The summed E-state index contributed by atoms with van der Waals surface area (Å²) in [5.74, 6) is 0. The molecule has 0 heterocycles. The average molecular weight is 210 g/mol. The first-order chi connectivity index (χ1) is 6.42. The lowest BCUT2D eigenvalue weighted by atomic mass is 10.1. The van der Waals surface area contributed by atoms with E-state index in [1.807, 2.05) is 6.07 Å². The molecule has 1 N–H and O–H groups in total. The van der Waals surface area contributed by atoms with Crippen LogP contribution in [-0.2, 0) is 10.0 Å². The van der Waals surface area contributed by atoms with Gasteiger partial charge in [-0.15, -0.1) is 0 Å². The van der Waals surface area contributed by atoms with Crippen LogP contribution in [-0.4, -0.2) is 14.7 Å². The largest absolute Gasteiger partial charge is 0.283 e. The van der Waals surface area contributed by atoms with Crippen LogP contribution in [0.2, 0.25) is 0 Å². The molecule has 0 aliphatic heterocycles. The van der Waals surface area contributed by atoms with Crippen LogP contribution < -0.4 is 4.72 Å². The molecule has 0 unspecified atom stereocenters. The van der Waals surface area contributed by atoms with Gasteiger partial charge in [-0.3, -0.25) is 4.72 Å². The number of hydrogen-bond donors (Lipinski definition) is 1. The third-order valence-corrected chi connectivity index (χ3v) is 2.25. The van der Waals surface area contributed by atoms with E-state index in [2.05, 4.69) is 4.72 Å². The summed E-state index contributed by atoms with van der Waals surface area (Å²) < 4.78 is 24.3. The van der Waals surface area contributed by atoms with Crippen LogP contribution in [0.1, 0.15) is 11.1 Å². The van der Waals surface area contributed by atoms with E-state index < -0.39 is 10.0 Å². The fourth-order valence-corrected chi connectivity index (χ4v) is 1.62. The number of benzene rings is 1. The lowest BCUT2D eigenvalue weighted by Gasteiger charge is -2.07. The van der Waals surface area contributed by atoms with E-state index in [1.54, 1.807) is 19.1 Å². The Labute approximate surface area is 83.2 Å². The monoisotopic (exact) mass is 210 g/mol. The van der Waals surface area contributed by atoms with Crippen molar-refractivity contribution >= 4 is 15.7 Å². The van der Waals surface area contributed by atoms with E-state index in [1.165, 1.54) is 6.07 Å². The third kappa shape index (κ3) is 2.75. The highest BCUT2D eigenvalue weighted by molar-refractivity contribution is 7.92. The molecular weight excluding hydrogens is 200 g/mol. The number of aryl methyl sites for hydroxylation is 1. The van der Waals surface area contributed by atoms with Crippen molar-refractivity contribution in [2.75, 3.05) is 11.0 Å². The third-order valence-electron chi connectivity index (χ3n) is 1.66. The first kappa shape index (κ1) is 10.5. The smallest absolute Gasteiger partial charge is 0.229 e. The van der Waals surface area contributed by atoms with E-state index in [0.29, 0.717) is 11.3 Å². The highest BCUT2D eigenvalue weighted by atomic mass is 32.2. The summed E-state index contributed by atoms with van der Waals surface area (Å²) in [5.41, 5.74) is 1.67. The minimum absolute atomic E-state index is 0.432. The predicted octanol–water partition coefficient (Wildman–Crippen LogP) is 1.24. The molecule has 0 bridgehead atoms. The van der Waals surface area contributed by atoms with Crippen molar-refractivity contribution in [2.24, 2.45) is 0 Å². The maximum Gasteiger partial charge on any atom is 0.229 e. The Morgan fingerprint density at radius 2 is 2.07 bits per heavy atom. The molecule has 0 aliphatic rings. The number of sulfonamides is 1. The van der Waals surface area contributed by atoms with Gasteiger partial charge < -0.3 is 0 Å². The summed E-state index contributed by atoms with van der Waals surface area (Å²) in [4.78, 5) is 0. The Morgan fingerprint density at radius 3 is 2.57 bits per heavy atom. The summed E-state index contributed by atoms with van der Waals surface area (Å²) in [5, 5.41) is 8.62. The van der Waals surface area contributed by atoms with Crippen molar-refractivity contribution in [1.82, 2.24) is 0 Å². The Bertz CT molecular complexity index is 486. The SMILES string of the molecule is Cc1ccc(C#N)cc1NS(C)(=O)=O. The molecule has 0 atom stereocenters. The van der Waals surface area contributed by atoms with Crippen LogP contribution in [0.4, 0.5) is 5.69 Å². The Morgan fingerprint density at radius 1 is 1.43 bits per heavy atom. The second kappa shape index (κ2) is 3.68. The number of anilines is 1. The molecule has 0 aromatic heterocycles. The van der Waals surface area contributed by atoms with Gasteiger partial charge in [-0.25, -0.2) is 8.42 Å². The van der Waals surface area contributed by atoms with Gasteiger partial charge in [0.05, 0.1) is 23.6 Å². The maximum atomic E-state index is 11.0. The van der Waals surface area contributed by atoms with Crippen LogP contribution in [0.25, 0.3) is 0 Å². The van der Waals surface area contributed by atoms with E-state index in [-0.39, 0.29) is 0 Å². The van der Waals surface area contributed by atoms with Gasteiger partial charge in [0.1, 0.15) is 0 Å². The molecule has 0 spiro atoms. The Kier molecular flexibility index (Phi) is 2.77. The minimum Gasteiger partial charge on any atom is -0.283 e. The van der Waals surface area contributed by atoms with Crippen LogP contribution >= 0.6 is 0 Å². The Hall–Kier alpha value is -1.54. The standard InChI is InChI=1S/C9H10N2O2S/c1-7-3-4-8(6-10)5-9(7)11-14(2,12)13/h3-5,11H,1-2H3. The molecule has 0 radical (unpaired) electrons. The van der Waals surface area contributed by atoms with Crippen molar-refractivity contribution in [3.8, 4) is 6.07 Å². The maximum absolute atomic E-state index is 11.0. The predicted molar refractivity (Wildman–Crippen MR) is 54.4 cm³/mol. The summed E-state index contributed by atoms with van der Waals surface area (Å²) in [6.07, 6.45) is 1.07. The van der Waals surface area contributed by atoms with Crippen LogP contribution in [0.5, 0.6) is 0 Å². The number of nitrogens with one attached hydrogen (secondary N) is 1. The van der Waals surface area contributed by atoms with E-state index >= 15 is 0 Å². The van der Waals surface area contributed by atoms with Crippen LogP contribution in [0, 0.1) is 18.3 Å². The zero-order valence-electron chi connectivity index (χ0n) is 7.90. The van der Waals surface area contributed by atoms with Gasteiger partial charge in [-0.05, 0) is 24.6 Å². The summed E-state index contributed by atoms with van der Waals surface area (Å²) in [7, 11) is -3.28. The van der Waals surface area contributed by atoms with Crippen molar-refractivity contribution in [3.63, 3.8) is 0 Å². The van der Waals surface area contributed by atoms with Gasteiger partial charge in [-0.1, -0.05) is 6.07 Å². The van der Waals surface area contributed by atoms with E-state index in [0.717, 1.165) is 11.8 Å². The Balaban J connectivity index is 3.15. The van der Waals surface area contributed by atoms with Crippen LogP contribution in [0.3, 0.4) is 0 Å². The number of nitriles is 1. The molecule has 1 aromatic carbocycles. The van der Waals surface area contributed by atoms with Gasteiger partial charge >= 0.3 is 0 Å². The molecule has 5 heteroatoms. The van der Waals surface area contributed by atoms with Crippen molar-refractivity contribution < 1.29 is 8.42 Å². The van der Waals surface area contributed by atoms with Gasteiger partial charge in [0, 0.05) is 0 Å². The van der Waals surface area contributed by atoms with Gasteiger partial charge in [0.15, 0.2) is 0 Å². The highest BCUT2D eigenvalue weighted by Crippen LogP contribution is 2.17. The molecule has 0 aliphatic carbocycles. The van der Waals surface area contributed by atoms with E-state index in [4.69, 9.17) is 5.26 Å². The summed E-state index contributed by atoms with van der Waals surface area (Å²) >= 11 is 0. The fourth-order valence-electron chi connectivity index (χ4n) is 1.00. The molecule has 4 nitrogen and oxygen atoms in total. The summed E-state index contributed by atoms with van der Waals surface area (Å²) in [6.45, 7) is 1.77. The number of nitrogens with zero attached hydrogens (tertiary/aromatic N) is 1. The lowest BCUT2D eigenvalue weighted by molar-refractivity contribution is 0.607. The fraction of sp³-hybridized carbons (Fsp3) is 0.222. The zero-order chi connectivity index (χ0) is 10.8. The first-order valence-electron chi connectivity index (χ1n) is 3.91. The molecule has 1 aromatic rings. The molecule has 14 heavy (non-hydrogen) atoms. The number of rotatable bonds is 2. The van der Waals surface area contributed by atoms with Gasteiger partial charge in [-0.2, -0.15) is 5.26 Å². The topological polar surface area (TPSA) is 70.0 Å². The molecular formula is C9H10N2O2S. The quantitative estimate of drug-likeness (QED) is 0.798. The average Bonchev–Trinajstić information content (AvgIpc) is 2.06. The van der Waals surface area contributed by atoms with Crippen molar-refractivity contribution in [1.29, 1.82) is 5.26 Å².